The van der Waals surface area contributed by atoms with E-state index in [4.69, 9.17) is 19.6 Å². The first kappa shape index (κ1) is 18.8. The van der Waals surface area contributed by atoms with E-state index >= 15 is 0 Å². The highest BCUT2D eigenvalue weighted by Crippen LogP contribution is 2.34. The summed E-state index contributed by atoms with van der Waals surface area (Å²) >= 11 is 3.40. The van der Waals surface area contributed by atoms with E-state index in [9.17, 15) is 9.59 Å². The molecule has 27 heavy (non-hydrogen) atoms. The van der Waals surface area contributed by atoms with Crippen molar-refractivity contribution < 1.29 is 23.5 Å². The molecule has 0 fully saturated rings. The van der Waals surface area contributed by atoms with Crippen LogP contribution in [-0.4, -0.2) is 26.0 Å². The van der Waals surface area contributed by atoms with Crippen LogP contribution in [-0.2, 0) is 0 Å². The first-order valence-corrected chi connectivity index (χ1v) is 8.70. The van der Waals surface area contributed by atoms with Crippen molar-refractivity contribution >= 4 is 44.4 Å². The van der Waals surface area contributed by atoms with Crippen LogP contribution in [0.25, 0.3) is 11.0 Å². The minimum atomic E-state index is -0.712. The minimum absolute atomic E-state index is 0.0949. The van der Waals surface area contributed by atoms with Gasteiger partial charge < -0.3 is 24.9 Å². The van der Waals surface area contributed by atoms with Gasteiger partial charge in [0.05, 0.1) is 25.5 Å². The number of fused-ring (bicyclic) bond motifs is 1. The van der Waals surface area contributed by atoms with Crippen LogP contribution in [0, 0.1) is 6.92 Å². The number of primary amides is 1. The third-order valence-electron chi connectivity index (χ3n) is 4.14. The molecule has 0 aliphatic heterocycles. The van der Waals surface area contributed by atoms with Crippen molar-refractivity contribution in [1.29, 1.82) is 0 Å². The number of ether oxygens (including phenoxy) is 2. The zero-order valence-corrected chi connectivity index (χ0v) is 16.5. The molecule has 1 aromatic heterocycles. The van der Waals surface area contributed by atoms with E-state index in [0.717, 1.165) is 9.86 Å². The second-order valence-corrected chi connectivity index (χ2v) is 6.68. The summed E-state index contributed by atoms with van der Waals surface area (Å²) in [4.78, 5) is 24.6. The molecule has 1 heterocycles. The molecule has 140 valence electrons. The second kappa shape index (κ2) is 7.32. The standard InChI is InChI=1S/C19H17BrN2O5/c1-9-11-6-10(20)4-5-14(11)27-17(9)19(24)22-13-8-16(26-3)15(25-2)7-12(13)18(21)23/h4-8H,1-3H3,(H2,21,23)(H,22,24). The molecule has 0 saturated carbocycles. The molecule has 8 heteroatoms. The Morgan fingerprint density at radius 3 is 2.41 bits per heavy atom. The summed E-state index contributed by atoms with van der Waals surface area (Å²) in [6.07, 6.45) is 0. The van der Waals surface area contributed by atoms with Gasteiger partial charge in [-0.15, -0.1) is 0 Å². The molecular formula is C19H17BrN2O5. The molecule has 2 amide bonds. The Morgan fingerprint density at radius 1 is 1.11 bits per heavy atom. The predicted molar refractivity (Wildman–Crippen MR) is 105 cm³/mol. The lowest BCUT2D eigenvalue weighted by Gasteiger charge is -2.13. The van der Waals surface area contributed by atoms with Crippen molar-refractivity contribution in [2.45, 2.75) is 6.92 Å². The molecule has 0 spiro atoms. The highest BCUT2D eigenvalue weighted by atomic mass is 79.9. The van der Waals surface area contributed by atoms with Crippen LogP contribution in [0.1, 0.15) is 26.5 Å². The van der Waals surface area contributed by atoms with Crippen molar-refractivity contribution in [2.24, 2.45) is 5.73 Å². The molecule has 0 aliphatic rings. The number of hydrogen-bond acceptors (Lipinski definition) is 5. The normalized spacial score (nSPS) is 10.7. The van der Waals surface area contributed by atoms with E-state index in [0.29, 0.717) is 22.6 Å². The Hall–Kier alpha value is -3.00. The summed E-state index contributed by atoms with van der Waals surface area (Å²) in [6, 6.07) is 8.36. The number of halogens is 1. The molecule has 3 aromatic rings. The first-order chi connectivity index (χ1) is 12.8. The molecule has 0 atom stereocenters. The van der Waals surface area contributed by atoms with E-state index in [1.807, 2.05) is 12.1 Å². The number of rotatable bonds is 5. The number of furan rings is 1. The molecular weight excluding hydrogens is 416 g/mol. The molecule has 3 N–H and O–H groups in total. The van der Waals surface area contributed by atoms with Crippen LogP contribution < -0.4 is 20.5 Å². The van der Waals surface area contributed by atoms with E-state index in [1.165, 1.54) is 26.4 Å². The fraction of sp³-hybridized carbons (Fsp3) is 0.158. The van der Waals surface area contributed by atoms with Gasteiger partial charge in [-0.3, -0.25) is 9.59 Å². The maximum Gasteiger partial charge on any atom is 0.291 e. The highest BCUT2D eigenvalue weighted by molar-refractivity contribution is 9.10. The quantitative estimate of drug-likeness (QED) is 0.636. The van der Waals surface area contributed by atoms with Gasteiger partial charge in [0.15, 0.2) is 17.3 Å². The van der Waals surface area contributed by atoms with Crippen LogP contribution in [0.2, 0.25) is 0 Å². The Bertz CT molecular complexity index is 1060. The number of aryl methyl sites for hydroxylation is 1. The molecule has 2 aromatic carbocycles. The largest absolute Gasteiger partial charge is 0.493 e. The molecule has 0 saturated heterocycles. The average molecular weight is 433 g/mol. The molecule has 0 aliphatic carbocycles. The summed E-state index contributed by atoms with van der Waals surface area (Å²) in [5, 5.41) is 3.49. The van der Waals surface area contributed by atoms with E-state index in [1.54, 1.807) is 13.0 Å². The second-order valence-electron chi connectivity index (χ2n) is 5.77. The maximum absolute atomic E-state index is 12.8. The topological polar surface area (TPSA) is 104 Å². The van der Waals surface area contributed by atoms with Gasteiger partial charge in [0.2, 0.25) is 0 Å². The van der Waals surface area contributed by atoms with Crippen LogP contribution in [0.5, 0.6) is 11.5 Å². The summed E-state index contributed by atoms with van der Waals surface area (Å²) in [7, 11) is 2.89. The minimum Gasteiger partial charge on any atom is -0.493 e. The number of carbonyl (C=O) groups is 2. The number of benzene rings is 2. The smallest absolute Gasteiger partial charge is 0.291 e. The van der Waals surface area contributed by atoms with Crippen LogP contribution in [0.3, 0.4) is 0 Å². The lowest BCUT2D eigenvalue weighted by Crippen LogP contribution is -2.19. The van der Waals surface area contributed by atoms with Crippen molar-refractivity contribution in [1.82, 2.24) is 0 Å². The Balaban J connectivity index is 2.03. The van der Waals surface area contributed by atoms with Gasteiger partial charge in [-0.05, 0) is 31.2 Å². The summed E-state index contributed by atoms with van der Waals surface area (Å²) in [5.74, 6) is -0.392. The van der Waals surface area contributed by atoms with Crippen LogP contribution in [0.4, 0.5) is 5.69 Å². The number of hydrogen-bond donors (Lipinski definition) is 2. The van der Waals surface area contributed by atoms with Crippen LogP contribution >= 0.6 is 15.9 Å². The van der Waals surface area contributed by atoms with Gasteiger partial charge >= 0.3 is 0 Å². The fourth-order valence-electron chi connectivity index (χ4n) is 2.78. The van der Waals surface area contributed by atoms with E-state index in [2.05, 4.69) is 21.2 Å². The number of methoxy groups -OCH3 is 2. The summed E-state index contributed by atoms with van der Waals surface area (Å²) in [6.45, 7) is 1.79. The third kappa shape index (κ3) is 3.48. The van der Waals surface area contributed by atoms with Gasteiger partial charge in [-0.2, -0.15) is 0 Å². The SMILES string of the molecule is COc1cc(NC(=O)c2oc3ccc(Br)cc3c2C)c(C(N)=O)cc1OC. The Morgan fingerprint density at radius 2 is 1.78 bits per heavy atom. The average Bonchev–Trinajstić information content (AvgIpc) is 2.97. The van der Waals surface area contributed by atoms with Crippen molar-refractivity contribution in [2.75, 3.05) is 19.5 Å². The third-order valence-corrected chi connectivity index (χ3v) is 4.64. The lowest BCUT2D eigenvalue weighted by atomic mass is 10.1. The summed E-state index contributed by atoms with van der Waals surface area (Å²) in [5.41, 5.74) is 7.00. The molecule has 7 nitrogen and oxygen atoms in total. The van der Waals surface area contributed by atoms with Gasteiger partial charge in [0, 0.05) is 21.5 Å². The monoisotopic (exact) mass is 432 g/mol. The van der Waals surface area contributed by atoms with Gasteiger partial charge in [-0.25, -0.2) is 0 Å². The van der Waals surface area contributed by atoms with Crippen molar-refractivity contribution in [3.05, 3.63) is 51.7 Å². The molecule has 0 unspecified atom stereocenters. The number of carbonyl (C=O) groups excluding carboxylic acids is 2. The molecule has 0 radical (unpaired) electrons. The number of amides is 2. The Labute approximate surface area is 163 Å². The lowest BCUT2D eigenvalue weighted by molar-refractivity contribution is 0.0998. The fourth-order valence-corrected chi connectivity index (χ4v) is 3.14. The maximum atomic E-state index is 12.8. The zero-order valence-electron chi connectivity index (χ0n) is 14.9. The van der Waals surface area contributed by atoms with E-state index in [-0.39, 0.29) is 17.0 Å². The predicted octanol–water partition coefficient (Wildman–Crippen LogP) is 3.87. The van der Waals surface area contributed by atoms with E-state index < -0.39 is 11.8 Å². The van der Waals surface area contributed by atoms with Gasteiger partial charge in [-0.1, -0.05) is 15.9 Å². The van der Waals surface area contributed by atoms with Crippen molar-refractivity contribution in [3.8, 4) is 11.5 Å². The Kier molecular flexibility index (Phi) is 5.09. The number of nitrogens with two attached hydrogens (primary N) is 1. The van der Waals surface area contributed by atoms with Gasteiger partial charge in [0.25, 0.3) is 11.8 Å². The first-order valence-electron chi connectivity index (χ1n) is 7.91. The van der Waals surface area contributed by atoms with Crippen molar-refractivity contribution in [3.63, 3.8) is 0 Å². The number of anilines is 1. The van der Waals surface area contributed by atoms with Crippen LogP contribution in [0.15, 0.2) is 39.2 Å². The van der Waals surface area contributed by atoms with Gasteiger partial charge in [0.1, 0.15) is 5.58 Å². The molecule has 0 bridgehead atoms. The zero-order chi connectivity index (χ0) is 19.7. The highest BCUT2D eigenvalue weighted by Gasteiger charge is 2.21. The molecule has 3 rings (SSSR count). The number of nitrogens with one attached hydrogen (secondary N) is 1. The summed E-state index contributed by atoms with van der Waals surface area (Å²) < 4.78 is 17.0.